The fourth-order valence-electron chi connectivity index (χ4n) is 3.30. The Balaban J connectivity index is 1.88. The van der Waals surface area contributed by atoms with Crippen molar-refractivity contribution in [1.82, 2.24) is 14.7 Å². The van der Waals surface area contributed by atoms with E-state index in [0.717, 1.165) is 45.8 Å². The van der Waals surface area contributed by atoms with Gasteiger partial charge in [0.2, 0.25) is 0 Å². The predicted octanol–water partition coefficient (Wildman–Crippen LogP) is 4.40. The minimum absolute atomic E-state index is 0.783. The minimum Gasteiger partial charge on any atom is -0.386 e. The summed E-state index contributed by atoms with van der Waals surface area (Å²) in [6.07, 6.45) is 1.90. The molecule has 2 aromatic heterocycles. The SMILES string of the molecule is CNc1cc(-c2c(C)noc2C)cc2c1ncn2Cc1ccccc1. The summed E-state index contributed by atoms with van der Waals surface area (Å²) >= 11 is 0. The summed E-state index contributed by atoms with van der Waals surface area (Å²) in [6, 6.07) is 14.7. The van der Waals surface area contributed by atoms with E-state index in [1.807, 2.05) is 33.3 Å². The summed E-state index contributed by atoms with van der Waals surface area (Å²) in [7, 11) is 1.92. The molecule has 0 bridgehead atoms. The summed E-state index contributed by atoms with van der Waals surface area (Å²) in [6.45, 7) is 4.70. The molecule has 0 aliphatic heterocycles. The number of aromatic nitrogens is 3. The molecule has 5 heteroatoms. The van der Waals surface area contributed by atoms with E-state index in [2.05, 4.69) is 56.4 Å². The number of fused-ring (bicyclic) bond motifs is 1. The smallest absolute Gasteiger partial charge is 0.141 e. The van der Waals surface area contributed by atoms with E-state index in [0.29, 0.717) is 0 Å². The number of rotatable bonds is 4. The van der Waals surface area contributed by atoms with Crippen molar-refractivity contribution in [2.45, 2.75) is 20.4 Å². The molecule has 0 atom stereocenters. The third-order valence-corrected chi connectivity index (χ3v) is 4.51. The van der Waals surface area contributed by atoms with Gasteiger partial charge in [0.1, 0.15) is 11.3 Å². The molecule has 1 N–H and O–H groups in total. The second kappa shape index (κ2) is 6.09. The van der Waals surface area contributed by atoms with Crippen LogP contribution in [0.2, 0.25) is 0 Å². The van der Waals surface area contributed by atoms with Crippen LogP contribution in [-0.4, -0.2) is 21.8 Å². The van der Waals surface area contributed by atoms with Gasteiger partial charge in [-0.2, -0.15) is 0 Å². The molecule has 0 aliphatic carbocycles. The van der Waals surface area contributed by atoms with Crippen LogP contribution < -0.4 is 5.32 Å². The van der Waals surface area contributed by atoms with Crippen molar-refractivity contribution in [2.24, 2.45) is 0 Å². The number of nitrogens with one attached hydrogen (secondary N) is 1. The summed E-state index contributed by atoms with van der Waals surface area (Å²) in [4.78, 5) is 4.61. The van der Waals surface area contributed by atoms with Gasteiger partial charge in [0.05, 0.1) is 23.2 Å². The second-order valence-electron chi connectivity index (χ2n) is 6.20. The minimum atomic E-state index is 0.783. The largest absolute Gasteiger partial charge is 0.386 e. The molecule has 126 valence electrons. The normalized spacial score (nSPS) is 11.2. The summed E-state index contributed by atoms with van der Waals surface area (Å²) < 4.78 is 7.52. The molecule has 0 saturated heterocycles. The maximum absolute atomic E-state index is 5.35. The lowest BCUT2D eigenvalue weighted by Crippen LogP contribution is -1.98. The van der Waals surface area contributed by atoms with Crippen LogP contribution in [0.4, 0.5) is 5.69 Å². The molecule has 4 rings (SSSR count). The van der Waals surface area contributed by atoms with E-state index in [9.17, 15) is 0 Å². The highest BCUT2D eigenvalue weighted by Gasteiger charge is 2.16. The van der Waals surface area contributed by atoms with E-state index in [1.54, 1.807) is 0 Å². The van der Waals surface area contributed by atoms with Gasteiger partial charge in [-0.05, 0) is 37.1 Å². The van der Waals surface area contributed by atoms with Gasteiger partial charge < -0.3 is 14.4 Å². The maximum Gasteiger partial charge on any atom is 0.141 e. The molecule has 0 spiro atoms. The molecule has 2 aromatic carbocycles. The monoisotopic (exact) mass is 332 g/mol. The Bertz CT molecular complexity index is 1010. The van der Waals surface area contributed by atoms with Gasteiger partial charge in [0.25, 0.3) is 0 Å². The molecule has 25 heavy (non-hydrogen) atoms. The first-order valence-electron chi connectivity index (χ1n) is 8.31. The van der Waals surface area contributed by atoms with Gasteiger partial charge in [0, 0.05) is 19.2 Å². The predicted molar refractivity (Wildman–Crippen MR) is 99.8 cm³/mol. The van der Waals surface area contributed by atoms with Crippen LogP contribution in [0.15, 0.2) is 53.3 Å². The molecule has 0 fully saturated rings. The topological polar surface area (TPSA) is 55.9 Å². The van der Waals surface area contributed by atoms with Crippen molar-refractivity contribution in [2.75, 3.05) is 12.4 Å². The highest BCUT2D eigenvalue weighted by molar-refractivity contribution is 5.93. The van der Waals surface area contributed by atoms with Gasteiger partial charge in [0.15, 0.2) is 0 Å². The Morgan fingerprint density at radius 2 is 1.92 bits per heavy atom. The third-order valence-electron chi connectivity index (χ3n) is 4.51. The fourth-order valence-corrected chi connectivity index (χ4v) is 3.30. The summed E-state index contributed by atoms with van der Waals surface area (Å²) in [5.74, 6) is 0.827. The van der Waals surface area contributed by atoms with Crippen molar-refractivity contribution in [1.29, 1.82) is 0 Å². The molecule has 5 nitrogen and oxygen atoms in total. The van der Waals surface area contributed by atoms with Crippen molar-refractivity contribution in [3.8, 4) is 11.1 Å². The molecular weight excluding hydrogens is 312 g/mol. The number of hydrogen-bond acceptors (Lipinski definition) is 4. The van der Waals surface area contributed by atoms with E-state index >= 15 is 0 Å². The zero-order chi connectivity index (χ0) is 17.4. The van der Waals surface area contributed by atoms with Crippen molar-refractivity contribution < 1.29 is 4.52 Å². The number of benzene rings is 2. The van der Waals surface area contributed by atoms with Crippen LogP contribution in [0.1, 0.15) is 17.0 Å². The number of aryl methyl sites for hydroxylation is 2. The van der Waals surface area contributed by atoms with Crippen LogP contribution in [-0.2, 0) is 6.54 Å². The first kappa shape index (κ1) is 15.4. The first-order valence-corrected chi connectivity index (χ1v) is 8.31. The zero-order valence-electron chi connectivity index (χ0n) is 14.6. The van der Waals surface area contributed by atoms with E-state index < -0.39 is 0 Å². The summed E-state index contributed by atoms with van der Waals surface area (Å²) in [5, 5.41) is 7.35. The average Bonchev–Trinajstić information content (AvgIpc) is 3.18. The number of nitrogens with zero attached hydrogens (tertiary/aromatic N) is 3. The highest BCUT2D eigenvalue weighted by Crippen LogP contribution is 2.33. The van der Waals surface area contributed by atoms with Gasteiger partial charge >= 0.3 is 0 Å². The lowest BCUT2D eigenvalue weighted by Gasteiger charge is -2.09. The Labute approximate surface area is 146 Å². The first-order chi connectivity index (χ1) is 12.2. The van der Waals surface area contributed by atoms with Crippen molar-refractivity contribution >= 4 is 16.7 Å². The molecule has 0 unspecified atom stereocenters. The van der Waals surface area contributed by atoms with Crippen molar-refractivity contribution in [3.63, 3.8) is 0 Å². The third kappa shape index (κ3) is 2.67. The highest BCUT2D eigenvalue weighted by atomic mass is 16.5. The van der Waals surface area contributed by atoms with Gasteiger partial charge in [-0.1, -0.05) is 35.5 Å². The van der Waals surface area contributed by atoms with Gasteiger partial charge in [-0.3, -0.25) is 0 Å². The standard InChI is InChI=1S/C20H20N4O/c1-13-19(14(2)25-23-13)16-9-17(21-3)20-18(10-16)24(12-22-20)11-15-7-5-4-6-8-15/h4-10,12,21H,11H2,1-3H3. The number of hydrogen-bond donors (Lipinski definition) is 1. The quantitative estimate of drug-likeness (QED) is 0.602. The van der Waals surface area contributed by atoms with Crippen LogP contribution in [0.5, 0.6) is 0 Å². The molecular formula is C20H20N4O. The number of imidazole rings is 1. The Morgan fingerprint density at radius 1 is 1.12 bits per heavy atom. The lowest BCUT2D eigenvalue weighted by atomic mass is 10.0. The van der Waals surface area contributed by atoms with E-state index in [1.165, 1.54) is 5.56 Å². The molecule has 2 heterocycles. The van der Waals surface area contributed by atoms with Gasteiger partial charge in [-0.25, -0.2) is 4.98 Å². The van der Waals surface area contributed by atoms with Crippen LogP contribution in [0, 0.1) is 13.8 Å². The van der Waals surface area contributed by atoms with E-state index in [4.69, 9.17) is 4.52 Å². The van der Waals surface area contributed by atoms with Gasteiger partial charge in [-0.15, -0.1) is 0 Å². The van der Waals surface area contributed by atoms with Crippen LogP contribution >= 0.6 is 0 Å². The van der Waals surface area contributed by atoms with E-state index in [-0.39, 0.29) is 0 Å². The van der Waals surface area contributed by atoms with Crippen LogP contribution in [0.3, 0.4) is 0 Å². The second-order valence-corrected chi connectivity index (χ2v) is 6.20. The zero-order valence-corrected chi connectivity index (χ0v) is 14.6. The molecule has 0 radical (unpaired) electrons. The number of anilines is 1. The molecule has 4 aromatic rings. The Hall–Kier alpha value is -3.08. The summed E-state index contributed by atoms with van der Waals surface area (Å²) in [5.41, 5.74) is 7.33. The Morgan fingerprint density at radius 3 is 2.60 bits per heavy atom. The molecule has 0 amide bonds. The molecule has 0 saturated carbocycles. The Kier molecular flexibility index (Phi) is 3.76. The van der Waals surface area contributed by atoms with Crippen LogP contribution in [0.25, 0.3) is 22.2 Å². The van der Waals surface area contributed by atoms with Crippen molar-refractivity contribution in [3.05, 3.63) is 65.8 Å². The lowest BCUT2D eigenvalue weighted by molar-refractivity contribution is 0.393. The average molecular weight is 332 g/mol. The fraction of sp³-hybridized carbons (Fsp3) is 0.200. The molecule has 0 aliphatic rings. The maximum atomic E-state index is 5.35.